The normalized spacial score (nSPS) is 18.9. The number of hydrogen-bond donors (Lipinski definition) is 3. The van der Waals surface area contributed by atoms with Crippen LogP contribution < -0.4 is 5.32 Å². The summed E-state index contributed by atoms with van der Waals surface area (Å²) in [4.78, 5) is 34.0. The highest BCUT2D eigenvalue weighted by atomic mass is 35.5. The van der Waals surface area contributed by atoms with E-state index >= 15 is 0 Å². The Labute approximate surface area is 271 Å². The van der Waals surface area contributed by atoms with Gasteiger partial charge >= 0.3 is 0 Å². The molecule has 3 aromatic rings. The van der Waals surface area contributed by atoms with Crippen LogP contribution in [0.4, 0.5) is 5.69 Å². The predicted molar refractivity (Wildman–Crippen MR) is 173 cm³/mol. The van der Waals surface area contributed by atoms with Gasteiger partial charge in [-0.1, -0.05) is 29.3 Å². The number of nitrogens with one attached hydrogen (secondary N) is 2. The van der Waals surface area contributed by atoms with Crippen molar-refractivity contribution in [3.05, 3.63) is 80.1 Å². The molecule has 0 bridgehead atoms. The van der Waals surface area contributed by atoms with E-state index in [4.69, 9.17) is 27.9 Å². The number of benzene rings is 2. The quantitative estimate of drug-likeness (QED) is 0.306. The third kappa shape index (κ3) is 6.56. The Morgan fingerprint density at radius 1 is 1.07 bits per heavy atom. The summed E-state index contributed by atoms with van der Waals surface area (Å²) in [6, 6.07) is 9.31. The van der Waals surface area contributed by atoms with Crippen LogP contribution in [-0.2, 0) is 31.5 Å². The van der Waals surface area contributed by atoms with E-state index in [-0.39, 0.29) is 38.9 Å². The molecule has 4 heterocycles. The van der Waals surface area contributed by atoms with Crippen LogP contribution in [0.15, 0.2) is 41.3 Å². The van der Waals surface area contributed by atoms with Crippen molar-refractivity contribution in [2.75, 3.05) is 51.3 Å². The van der Waals surface area contributed by atoms with Gasteiger partial charge in [-0.15, -0.1) is 0 Å². The minimum absolute atomic E-state index is 0.0279. The van der Waals surface area contributed by atoms with Crippen LogP contribution in [0.2, 0.25) is 10.0 Å². The van der Waals surface area contributed by atoms with Crippen molar-refractivity contribution in [3.8, 4) is 0 Å². The largest absolute Gasteiger partial charge is 0.390 e. The van der Waals surface area contributed by atoms with Crippen LogP contribution in [0.1, 0.15) is 44.9 Å². The molecule has 0 saturated carbocycles. The number of aliphatic hydroxyl groups is 1. The number of sulfone groups is 1. The molecule has 6 rings (SSSR count). The lowest BCUT2D eigenvalue weighted by Crippen LogP contribution is -2.46. The van der Waals surface area contributed by atoms with E-state index in [0.717, 1.165) is 25.2 Å². The third-order valence-electron chi connectivity index (χ3n) is 8.54. The number of aliphatic hydroxyl groups excluding tert-OH is 1. The number of anilines is 1. The van der Waals surface area contributed by atoms with Crippen LogP contribution in [0, 0.1) is 6.92 Å². The molecular formula is C32H34Cl2N4O6S. The summed E-state index contributed by atoms with van der Waals surface area (Å²) in [5.41, 5.74) is 4.13. The lowest BCUT2D eigenvalue weighted by Gasteiger charge is -2.31. The Kier molecular flexibility index (Phi) is 9.11. The van der Waals surface area contributed by atoms with Gasteiger partial charge in [0.2, 0.25) is 0 Å². The van der Waals surface area contributed by atoms with Crippen molar-refractivity contribution >= 4 is 62.2 Å². The summed E-state index contributed by atoms with van der Waals surface area (Å²) in [7, 11) is -3.86. The second-order valence-electron chi connectivity index (χ2n) is 11.6. The summed E-state index contributed by atoms with van der Waals surface area (Å²) in [6.07, 6.45) is 2.33. The second kappa shape index (κ2) is 12.9. The zero-order valence-corrected chi connectivity index (χ0v) is 27.1. The fraction of sp³-hybridized carbons (Fsp3) is 0.375. The van der Waals surface area contributed by atoms with Crippen molar-refractivity contribution < 1.29 is 27.9 Å². The van der Waals surface area contributed by atoms with Crippen molar-refractivity contribution in [1.29, 1.82) is 0 Å². The summed E-state index contributed by atoms with van der Waals surface area (Å²) in [5, 5.41) is 14.1. The van der Waals surface area contributed by atoms with Crippen molar-refractivity contribution in [2.45, 2.75) is 36.5 Å². The molecule has 45 heavy (non-hydrogen) atoms. The van der Waals surface area contributed by atoms with Gasteiger partial charge in [0.15, 0.2) is 9.84 Å². The minimum atomic E-state index is -3.86. The zero-order valence-electron chi connectivity index (χ0n) is 24.7. The van der Waals surface area contributed by atoms with E-state index in [0.29, 0.717) is 66.4 Å². The summed E-state index contributed by atoms with van der Waals surface area (Å²) in [6.45, 7) is 5.84. The Morgan fingerprint density at radius 2 is 1.80 bits per heavy atom. The fourth-order valence-electron chi connectivity index (χ4n) is 6.17. The molecule has 2 aromatic carbocycles. The third-order valence-corrected chi connectivity index (χ3v) is 10.9. The number of aryl methyl sites for hydroxylation is 1. The number of aromatic amines is 1. The molecule has 1 aromatic heterocycles. The molecule has 238 valence electrons. The van der Waals surface area contributed by atoms with Gasteiger partial charge in [-0.3, -0.25) is 14.5 Å². The Balaban J connectivity index is 1.26. The first-order valence-corrected chi connectivity index (χ1v) is 17.2. The van der Waals surface area contributed by atoms with Crippen LogP contribution in [0.3, 0.4) is 0 Å². The molecular weight excluding hydrogens is 639 g/mol. The van der Waals surface area contributed by atoms with Gasteiger partial charge in [0.1, 0.15) is 0 Å². The van der Waals surface area contributed by atoms with Crippen molar-refractivity contribution in [3.63, 3.8) is 0 Å². The number of rotatable bonds is 8. The number of hydrogen-bond acceptors (Lipinski definition) is 7. The molecule has 0 radical (unpaired) electrons. The summed E-state index contributed by atoms with van der Waals surface area (Å²) < 4.78 is 32.2. The number of halogens is 2. The van der Waals surface area contributed by atoms with Crippen LogP contribution in [0.25, 0.3) is 11.6 Å². The number of amides is 2. The smallest absolute Gasteiger partial charge is 0.256 e. The van der Waals surface area contributed by atoms with Crippen molar-refractivity contribution in [1.82, 2.24) is 14.8 Å². The monoisotopic (exact) mass is 672 g/mol. The van der Waals surface area contributed by atoms with Gasteiger partial charge in [0.05, 0.1) is 41.1 Å². The summed E-state index contributed by atoms with van der Waals surface area (Å²) >= 11 is 12.5. The summed E-state index contributed by atoms with van der Waals surface area (Å²) in [5.74, 6) is -0.936. The zero-order chi connectivity index (χ0) is 31.9. The molecule has 1 saturated heterocycles. The van der Waals surface area contributed by atoms with Gasteiger partial charge in [0.25, 0.3) is 11.8 Å². The van der Waals surface area contributed by atoms with E-state index in [1.165, 1.54) is 12.1 Å². The number of morpholine rings is 1. The maximum absolute atomic E-state index is 13.7. The number of aromatic nitrogens is 1. The van der Waals surface area contributed by atoms with Crippen LogP contribution in [0.5, 0.6) is 0 Å². The molecule has 1 atom stereocenters. The first kappa shape index (κ1) is 31.8. The molecule has 3 N–H and O–H groups in total. The van der Waals surface area contributed by atoms with Crippen LogP contribution in [-0.4, -0.2) is 92.2 Å². The van der Waals surface area contributed by atoms with E-state index in [1.54, 1.807) is 35.2 Å². The molecule has 0 spiro atoms. The number of fused-ring (bicyclic) bond motifs is 2. The molecule has 0 aliphatic carbocycles. The SMILES string of the molecule is Cc1c(C=C2C(=O)Nc3ccc(S(=O)(=O)Cc4c(Cl)cccc4Cl)cc32)[nH]c2c1C(=O)N(CC(O)CN1CCOCC1)CCC2. The van der Waals surface area contributed by atoms with E-state index in [2.05, 4.69) is 15.2 Å². The van der Waals surface area contributed by atoms with Gasteiger partial charge < -0.3 is 25.0 Å². The Hall–Kier alpha value is -3.19. The second-order valence-corrected chi connectivity index (χ2v) is 14.4. The van der Waals surface area contributed by atoms with E-state index in [1.807, 2.05) is 6.92 Å². The average molecular weight is 674 g/mol. The minimum Gasteiger partial charge on any atom is -0.390 e. The van der Waals surface area contributed by atoms with Gasteiger partial charge in [-0.25, -0.2) is 8.42 Å². The lowest BCUT2D eigenvalue weighted by atomic mass is 10.0. The Bertz CT molecular complexity index is 1780. The number of nitrogens with zero attached hydrogens (tertiary/aromatic N) is 2. The fourth-order valence-corrected chi connectivity index (χ4v) is 8.29. The molecule has 3 aliphatic heterocycles. The number of β-amino-alcohol motifs (C(OH)–C–C–N with tert-alkyl or cyclic N) is 1. The van der Waals surface area contributed by atoms with E-state index < -0.39 is 21.7 Å². The first-order valence-electron chi connectivity index (χ1n) is 14.8. The van der Waals surface area contributed by atoms with Crippen molar-refractivity contribution in [2.24, 2.45) is 0 Å². The molecule has 3 aliphatic rings. The standard InChI is InChI=1S/C32H34Cl2N4O6S/c1-19-29(35-28-6-3-9-38(32(41)30(19)28)17-20(39)16-37-10-12-44-13-11-37)15-23-22-14-21(7-8-27(22)36-31(23)40)45(42,43)18-24-25(33)4-2-5-26(24)34/h2,4-5,7-8,14-15,20,35,39H,3,6,9-13,16-18H2,1H3,(H,36,40). The van der Waals surface area contributed by atoms with E-state index in [9.17, 15) is 23.1 Å². The average Bonchev–Trinajstić information content (AvgIpc) is 3.43. The van der Waals surface area contributed by atoms with Crippen LogP contribution >= 0.6 is 23.2 Å². The predicted octanol–water partition coefficient (Wildman–Crippen LogP) is 4.18. The first-order chi connectivity index (χ1) is 21.5. The number of H-pyrrole nitrogens is 1. The van der Waals surface area contributed by atoms with Gasteiger partial charge in [0, 0.05) is 71.0 Å². The number of ether oxygens (including phenoxy) is 1. The Morgan fingerprint density at radius 3 is 2.53 bits per heavy atom. The highest BCUT2D eigenvalue weighted by Gasteiger charge is 2.31. The molecule has 1 fully saturated rings. The van der Waals surface area contributed by atoms with Gasteiger partial charge in [-0.05, 0) is 61.7 Å². The maximum Gasteiger partial charge on any atom is 0.256 e. The highest BCUT2D eigenvalue weighted by Crippen LogP contribution is 2.37. The highest BCUT2D eigenvalue weighted by molar-refractivity contribution is 7.90. The van der Waals surface area contributed by atoms with Gasteiger partial charge in [-0.2, -0.15) is 0 Å². The topological polar surface area (TPSA) is 132 Å². The lowest BCUT2D eigenvalue weighted by molar-refractivity contribution is -0.110. The molecule has 2 amide bonds. The number of carbonyl (C=O) groups excluding carboxylic acids is 2. The number of carbonyl (C=O) groups is 2. The molecule has 10 nitrogen and oxygen atoms in total. The maximum atomic E-state index is 13.7. The molecule has 13 heteroatoms. The molecule has 1 unspecified atom stereocenters.